The van der Waals surface area contributed by atoms with Gasteiger partial charge in [-0.1, -0.05) is 35.5 Å². The predicted octanol–water partition coefficient (Wildman–Crippen LogP) is 3.80. The summed E-state index contributed by atoms with van der Waals surface area (Å²) in [5.41, 5.74) is 2.26. The molecule has 0 bridgehead atoms. The maximum Gasteiger partial charge on any atom is 0.344 e. The minimum atomic E-state index is -0.490. The molecule has 0 aliphatic carbocycles. The summed E-state index contributed by atoms with van der Waals surface area (Å²) in [6.45, 7) is 0. The molecule has 0 spiro atoms. The zero-order valence-corrected chi connectivity index (χ0v) is 12.8. The van der Waals surface area contributed by atoms with Crippen LogP contribution in [0.25, 0.3) is 22.6 Å². The molecule has 1 aromatic heterocycles. The van der Waals surface area contributed by atoms with E-state index >= 15 is 0 Å². The Balaban J connectivity index is 2.14. The standard InChI is InChI=1S/C18H15NO4/c1-21-14-10-8-12(9-11-14)16-15(18(20)22-2)17(23-19-16)13-6-4-3-5-7-13/h3-11H,1-2H3. The second-order valence-corrected chi connectivity index (χ2v) is 4.82. The minimum absolute atomic E-state index is 0.309. The summed E-state index contributed by atoms with van der Waals surface area (Å²) < 4.78 is 15.5. The molecule has 0 saturated heterocycles. The van der Waals surface area contributed by atoms with Crippen molar-refractivity contribution in [1.29, 1.82) is 0 Å². The fourth-order valence-electron chi connectivity index (χ4n) is 2.31. The van der Waals surface area contributed by atoms with Crippen LogP contribution < -0.4 is 4.74 Å². The molecule has 0 atom stereocenters. The predicted molar refractivity (Wildman–Crippen MR) is 85.3 cm³/mol. The molecular weight excluding hydrogens is 294 g/mol. The van der Waals surface area contributed by atoms with Gasteiger partial charge < -0.3 is 14.0 Å². The lowest BCUT2D eigenvalue weighted by atomic mass is 10.0. The number of hydrogen-bond donors (Lipinski definition) is 0. The van der Waals surface area contributed by atoms with Crippen LogP contribution >= 0.6 is 0 Å². The molecule has 3 rings (SSSR count). The van der Waals surface area contributed by atoms with Crippen LogP contribution in [0.5, 0.6) is 5.75 Å². The van der Waals surface area contributed by atoms with Crippen molar-refractivity contribution in [3.05, 3.63) is 60.2 Å². The highest BCUT2D eigenvalue weighted by Crippen LogP contribution is 2.33. The number of ether oxygens (including phenoxy) is 2. The number of esters is 1. The highest BCUT2D eigenvalue weighted by Gasteiger charge is 2.25. The van der Waals surface area contributed by atoms with Crippen LogP contribution in [0.15, 0.2) is 59.1 Å². The van der Waals surface area contributed by atoms with Crippen LogP contribution in [-0.2, 0) is 4.74 Å². The van der Waals surface area contributed by atoms with Crippen LogP contribution in [0.2, 0.25) is 0 Å². The van der Waals surface area contributed by atoms with Crippen LogP contribution in [0, 0.1) is 0 Å². The van der Waals surface area contributed by atoms with Gasteiger partial charge in [-0.25, -0.2) is 4.79 Å². The fraction of sp³-hybridized carbons (Fsp3) is 0.111. The SMILES string of the molecule is COC(=O)c1c(-c2ccc(OC)cc2)noc1-c1ccccc1. The molecule has 5 heteroatoms. The van der Waals surface area contributed by atoms with Crippen molar-refractivity contribution >= 4 is 5.97 Å². The third-order valence-corrected chi connectivity index (χ3v) is 3.48. The number of hydrogen-bond acceptors (Lipinski definition) is 5. The van der Waals surface area contributed by atoms with E-state index in [0.717, 1.165) is 16.9 Å². The first kappa shape index (κ1) is 14.8. The molecular formula is C18H15NO4. The van der Waals surface area contributed by atoms with E-state index in [2.05, 4.69) is 5.16 Å². The Labute approximate surface area is 133 Å². The Bertz CT molecular complexity index is 807. The van der Waals surface area contributed by atoms with Gasteiger partial charge in [-0.2, -0.15) is 0 Å². The van der Waals surface area contributed by atoms with Crippen LogP contribution in [-0.4, -0.2) is 25.3 Å². The van der Waals surface area contributed by atoms with Gasteiger partial charge in [0.1, 0.15) is 17.0 Å². The lowest BCUT2D eigenvalue weighted by molar-refractivity contribution is 0.0602. The van der Waals surface area contributed by atoms with Crippen molar-refractivity contribution in [1.82, 2.24) is 5.16 Å². The molecule has 0 radical (unpaired) electrons. The molecule has 5 nitrogen and oxygen atoms in total. The number of benzene rings is 2. The molecule has 1 heterocycles. The minimum Gasteiger partial charge on any atom is -0.497 e. The van der Waals surface area contributed by atoms with E-state index in [-0.39, 0.29) is 0 Å². The van der Waals surface area contributed by atoms with Gasteiger partial charge in [0.15, 0.2) is 5.76 Å². The fourth-order valence-corrected chi connectivity index (χ4v) is 2.31. The summed E-state index contributed by atoms with van der Waals surface area (Å²) >= 11 is 0. The number of nitrogens with zero attached hydrogens (tertiary/aromatic N) is 1. The second-order valence-electron chi connectivity index (χ2n) is 4.82. The van der Waals surface area contributed by atoms with E-state index in [1.807, 2.05) is 42.5 Å². The Kier molecular flexibility index (Phi) is 4.10. The second kappa shape index (κ2) is 6.36. The number of rotatable bonds is 4. The normalized spacial score (nSPS) is 10.3. The molecule has 3 aromatic rings. The molecule has 0 N–H and O–H groups in total. The summed E-state index contributed by atoms with van der Waals surface area (Å²) in [5, 5.41) is 4.07. The summed E-state index contributed by atoms with van der Waals surface area (Å²) in [6, 6.07) is 16.6. The Morgan fingerprint density at radius 2 is 1.65 bits per heavy atom. The third-order valence-electron chi connectivity index (χ3n) is 3.48. The van der Waals surface area contributed by atoms with Gasteiger partial charge in [0.05, 0.1) is 14.2 Å². The molecule has 0 unspecified atom stereocenters. The van der Waals surface area contributed by atoms with Gasteiger partial charge in [-0.05, 0) is 24.3 Å². The summed E-state index contributed by atoms with van der Waals surface area (Å²) in [4.78, 5) is 12.2. The Morgan fingerprint density at radius 3 is 2.26 bits per heavy atom. The molecule has 0 amide bonds. The van der Waals surface area contributed by atoms with Crippen molar-refractivity contribution in [2.75, 3.05) is 14.2 Å². The Morgan fingerprint density at radius 1 is 0.957 bits per heavy atom. The van der Waals surface area contributed by atoms with Crippen molar-refractivity contribution < 1.29 is 18.8 Å². The van der Waals surface area contributed by atoms with Gasteiger partial charge in [0.25, 0.3) is 0 Å². The van der Waals surface area contributed by atoms with E-state index < -0.39 is 5.97 Å². The van der Waals surface area contributed by atoms with Gasteiger partial charge in [-0.3, -0.25) is 0 Å². The van der Waals surface area contributed by atoms with Crippen molar-refractivity contribution in [2.24, 2.45) is 0 Å². The van der Waals surface area contributed by atoms with E-state index in [0.29, 0.717) is 17.0 Å². The first-order valence-corrected chi connectivity index (χ1v) is 7.02. The molecule has 23 heavy (non-hydrogen) atoms. The first-order chi connectivity index (χ1) is 11.2. The number of carbonyl (C=O) groups excluding carboxylic acids is 1. The van der Waals surface area contributed by atoms with Crippen molar-refractivity contribution in [3.8, 4) is 28.3 Å². The maximum atomic E-state index is 12.2. The van der Waals surface area contributed by atoms with Gasteiger partial charge >= 0.3 is 5.97 Å². The maximum absolute atomic E-state index is 12.2. The quantitative estimate of drug-likeness (QED) is 0.686. The number of aromatic nitrogens is 1. The molecule has 116 valence electrons. The molecule has 0 fully saturated rings. The van der Waals surface area contributed by atoms with Crippen LogP contribution in [0.1, 0.15) is 10.4 Å². The average Bonchev–Trinajstić information content (AvgIpc) is 3.07. The van der Waals surface area contributed by atoms with Crippen molar-refractivity contribution in [3.63, 3.8) is 0 Å². The van der Waals surface area contributed by atoms with E-state index in [1.165, 1.54) is 7.11 Å². The Hall–Kier alpha value is -3.08. The number of methoxy groups -OCH3 is 2. The smallest absolute Gasteiger partial charge is 0.344 e. The lowest BCUT2D eigenvalue weighted by Gasteiger charge is -2.04. The highest BCUT2D eigenvalue weighted by molar-refractivity contribution is 6.01. The van der Waals surface area contributed by atoms with E-state index in [4.69, 9.17) is 14.0 Å². The van der Waals surface area contributed by atoms with Crippen LogP contribution in [0.4, 0.5) is 0 Å². The summed E-state index contributed by atoms with van der Waals surface area (Å²) in [5.74, 6) is 0.624. The monoisotopic (exact) mass is 309 g/mol. The van der Waals surface area contributed by atoms with Gasteiger partial charge in [0, 0.05) is 11.1 Å². The summed E-state index contributed by atoms with van der Waals surface area (Å²) in [6.07, 6.45) is 0. The van der Waals surface area contributed by atoms with Gasteiger partial charge in [-0.15, -0.1) is 0 Å². The van der Waals surface area contributed by atoms with Gasteiger partial charge in [0.2, 0.25) is 0 Å². The molecule has 2 aromatic carbocycles. The first-order valence-electron chi connectivity index (χ1n) is 7.02. The topological polar surface area (TPSA) is 61.6 Å². The summed E-state index contributed by atoms with van der Waals surface area (Å²) in [7, 11) is 2.93. The largest absolute Gasteiger partial charge is 0.497 e. The molecule has 0 aliphatic heterocycles. The average molecular weight is 309 g/mol. The number of carbonyl (C=O) groups is 1. The lowest BCUT2D eigenvalue weighted by Crippen LogP contribution is -2.03. The van der Waals surface area contributed by atoms with E-state index in [1.54, 1.807) is 19.2 Å². The van der Waals surface area contributed by atoms with Crippen LogP contribution in [0.3, 0.4) is 0 Å². The third kappa shape index (κ3) is 2.81. The van der Waals surface area contributed by atoms with Crippen molar-refractivity contribution in [2.45, 2.75) is 0 Å². The molecule has 0 saturated carbocycles. The van der Waals surface area contributed by atoms with E-state index in [9.17, 15) is 4.79 Å². The zero-order chi connectivity index (χ0) is 16.2. The zero-order valence-electron chi connectivity index (χ0n) is 12.8. The molecule has 0 aliphatic rings. The highest BCUT2D eigenvalue weighted by atomic mass is 16.5.